The third kappa shape index (κ3) is 5.14. The Morgan fingerprint density at radius 2 is 1.88 bits per heavy atom. The van der Waals surface area contributed by atoms with Crippen LogP contribution in [0.2, 0.25) is 5.02 Å². The number of carbonyl (C=O) groups excluding carboxylic acids is 2. The summed E-state index contributed by atoms with van der Waals surface area (Å²) in [5.74, 6) is 0.00708. The minimum absolute atomic E-state index is 0.261. The Morgan fingerprint density at radius 1 is 1.12 bits per heavy atom. The van der Waals surface area contributed by atoms with Gasteiger partial charge in [0, 0.05) is 23.8 Å². The zero-order chi connectivity index (χ0) is 22.5. The highest BCUT2D eigenvalue weighted by atomic mass is 35.5. The van der Waals surface area contributed by atoms with Gasteiger partial charge in [0.15, 0.2) is 0 Å². The van der Waals surface area contributed by atoms with E-state index in [-0.39, 0.29) is 12.6 Å². The number of nitrogens with one attached hydrogen (secondary N) is 2. The van der Waals surface area contributed by atoms with Crippen molar-refractivity contribution < 1.29 is 14.3 Å². The quantitative estimate of drug-likeness (QED) is 0.636. The third-order valence-electron chi connectivity index (χ3n) is 6.01. The molecule has 0 spiro atoms. The molecule has 4 rings (SSSR count). The number of halogens is 1. The summed E-state index contributed by atoms with van der Waals surface area (Å²) in [5, 5.41) is 6.35. The summed E-state index contributed by atoms with van der Waals surface area (Å²) in [6.45, 7) is 4.31. The van der Waals surface area contributed by atoms with Gasteiger partial charge in [0.2, 0.25) is 0 Å². The Hall–Kier alpha value is -2.83. The summed E-state index contributed by atoms with van der Waals surface area (Å²) >= 11 is 6.04. The molecule has 0 unspecified atom stereocenters. The lowest BCUT2D eigenvalue weighted by Gasteiger charge is -2.36. The van der Waals surface area contributed by atoms with E-state index in [0.29, 0.717) is 28.8 Å². The molecule has 0 bridgehead atoms. The monoisotopic (exact) mass is 453 g/mol. The fourth-order valence-corrected chi connectivity index (χ4v) is 4.64. The lowest BCUT2D eigenvalue weighted by Crippen LogP contribution is -2.49. The van der Waals surface area contributed by atoms with Gasteiger partial charge in [-0.25, -0.2) is 9.59 Å². The van der Waals surface area contributed by atoms with Crippen molar-refractivity contribution in [2.24, 2.45) is 0 Å². The molecule has 2 atom stereocenters. The van der Waals surface area contributed by atoms with Crippen LogP contribution in [0.1, 0.15) is 42.9 Å². The van der Waals surface area contributed by atoms with Crippen molar-refractivity contribution in [2.75, 3.05) is 26.2 Å². The summed E-state index contributed by atoms with van der Waals surface area (Å²) in [6.07, 6.45) is 2.19. The van der Waals surface area contributed by atoms with Gasteiger partial charge in [0.1, 0.15) is 0 Å². The van der Waals surface area contributed by atoms with Crippen LogP contribution in [0.15, 0.2) is 65.9 Å². The van der Waals surface area contributed by atoms with Crippen LogP contribution in [0.25, 0.3) is 0 Å². The Balaban J connectivity index is 1.63. The van der Waals surface area contributed by atoms with Crippen molar-refractivity contribution >= 4 is 23.6 Å². The number of urea groups is 1. The van der Waals surface area contributed by atoms with E-state index >= 15 is 0 Å². The van der Waals surface area contributed by atoms with E-state index in [1.54, 1.807) is 19.1 Å². The fraction of sp³-hybridized carbons (Fsp3) is 0.360. The van der Waals surface area contributed by atoms with Crippen LogP contribution in [0.3, 0.4) is 0 Å². The van der Waals surface area contributed by atoms with Crippen LogP contribution >= 0.6 is 11.6 Å². The second-order valence-corrected chi connectivity index (χ2v) is 8.62. The predicted octanol–water partition coefficient (Wildman–Crippen LogP) is 4.39. The van der Waals surface area contributed by atoms with Gasteiger partial charge in [-0.15, -0.1) is 0 Å². The maximum atomic E-state index is 13.0. The molecular formula is C25H28ClN3O3. The van der Waals surface area contributed by atoms with Gasteiger partial charge in [-0.3, -0.25) is 4.90 Å². The van der Waals surface area contributed by atoms with E-state index in [0.717, 1.165) is 31.5 Å². The van der Waals surface area contributed by atoms with Crippen LogP contribution in [0.4, 0.5) is 4.79 Å². The van der Waals surface area contributed by atoms with E-state index in [9.17, 15) is 9.59 Å². The van der Waals surface area contributed by atoms with Crippen LogP contribution in [0.5, 0.6) is 0 Å². The first-order chi connectivity index (χ1) is 15.5. The number of piperidine rings is 1. The summed E-state index contributed by atoms with van der Waals surface area (Å²) < 4.78 is 5.37. The fourth-order valence-electron chi connectivity index (χ4n) is 4.52. The number of carbonyl (C=O) groups is 2. The van der Waals surface area contributed by atoms with Gasteiger partial charge in [0.25, 0.3) is 0 Å². The average molecular weight is 454 g/mol. The first kappa shape index (κ1) is 22.4. The lowest BCUT2D eigenvalue weighted by molar-refractivity contribution is -0.139. The first-order valence-electron chi connectivity index (χ1n) is 11.1. The van der Waals surface area contributed by atoms with Crippen LogP contribution in [-0.4, -0.2) is 43.1 Å². The Morgan fingerprint density at radius 3 is 2.59 bits per heavy atom. The molecule has 7 heteroatoms. The molecule has 2 aromatic rings. The van der Waals surface area contributed by atoms with Crippen molar-refractivity contribution in [3.63, 3.8) is 0 Å². The van der Waals surface area contributed by atoms with E-state index in [2.05, 4.69) is 39.8 Å². The van der Waals surface area contributed by atoms with Crippen LogP contribution in [-0.2, 0) is 9.53 Å². The largest absolute Gasteiger partial charge is 0.463 e. The summed E-state index contributed by atoms with van der Waals surface area (Å²) in [5.41, 5.74) is 3.15. The normalized spacial score (nSPS) is 21.6. The Bertz CT molecular complexity index is 991. The van der Waals surface area contributed by atoms with E-state index < -0.39 is 12.0 Å². The number of likely N-dealkylation sites (tertiary alicyclic amines) is 1. The van der Waals surface area contributed by atoms with Crippen molar-refractivity contribution in [1.29, 1.82) is 0 Å². The summed E-state index contributed by atoms with van der Waals surface area (Å²) in [4.78, 5) is 27.8. The van der Waals surface area contributed by atoms with E-state index in [4.69, 9.17) is 16.3 Å². The predicted molar refractivity (Wildman–Crippen MR) is 124 cm³/mol. The first-order valence-corrected chi connectivity index (χ1v) is 11.4. The number of ether oxygens (including phenoxy) is 1. The topological polar surface area (TPSA) is 70.7 Å². The number of nitrogens with zero attached hydrogens (tertiary/aromatic N) is 1. The SMILES string of the molecule is CCOC(=O)C1=C(CN2CCC[C@@H](c3ccccc3)C2)NC(=O)N[C@H]1c1ccc(Cl)cc1. The van der Waals surface area contributed by atoms with Crippen LogP contribution in [0, 0.1) is 0 Å². The third-order valence-corrected chi connectivity index (χ3v) is 6.26. The van der Waals surface area contributed by atoms with Crippen molar-refractivity contribution in [2.45, 2.75) is 31.7 Å². The zero-order valence-corrected chi connectivity index (χ0v) is 18.9. The smallest absolute Gasteiger partial charge is 0.338 e. The molecule has 1 fully saturated rings. The van der Waals surface area contributed by atoms with Gasteiger partial charge < -0.3 is 15.4 Å². The molecule has 0 aliphatic carbocycles. The van der Waals surface area contributed by atoms with Gasteiger partial charge in [-0.2, -0.15) is 0 Å². The molecule has 2 aliphatic heterocycles. The highest BCUT2D eigenvalue weighted by molar-refractivity contribution is 6.30. The maximum absolute atomic E-state index is 13.0. The molecule has 6 nitrogen and oxygen atoms in total. The Labute approximate surface area is 193 Å². The lowest BCUT2D eigenvalue weighted by atomic mass is 9.90. The number of hydrogen-bond acceptors (Lipinski definition) is 4. The second kappa shape index (κ2) is 10.2. The summed E-state index contributed by atoms with van der Waals surface area (Å²) in [7, 11) is 0. The molecule has 0 saturated carbocycles. The Kier molecular flexibility index (Phi) is 7.12. The average Bonchev–Trinajstić information content (AvgIpc) is 2.80. The van der Waals surface area contributed by atoms with Gasteiger partial charge in [0.05, 0.1) is 18.2 Å². The highest BCUT2D eigenvalue weighted by Gasteiger charge is 2.35. The standard InChI is InChI=1S/C25H28ClN3O3/c1-2-32-24(30)22-21(27-25(31)28-23(22)18-10-12-20(26)13-11-18)16-29-14-6-9-19(15-29)17-7-4-3-5-8-17/h3-5,7-8,10-13,19,23H,2,6,9,14-16H2,1H3,(H2,27,28,31)/t19-,23+/m1/s1. The van der Waals surface area contributed by atoms with Crippen molar-refractivity contribution in [3.05, 3.63) is 82.0 Å². The molecule has 168 valence electrons. The van der Waals surface area contributed by atoms with E-state index in [1.165, 1.54) is 5.56 Å². The molecule has 2 heterocycles. The van der Waals surface area contributed by atoms with E-state index in [1.807, 2.05) is 18.2 Å². The molecule has 2 aliphatic rings. The maximum Gasteiger partial charge on any atom is 0.338 e. The second-order valence-electron chi connectivity index (χ2n) is 8.18. The van der Waals surface area contributed by atoms with Gasteiger partial charge in [-0.1, -0.05) is 54.1 Å². The van der Waals surface area contributed by atoms with Crippen LogP contribution < -0.4 is 10.6 Å². The molecule has 2 amide bonds. The number of benzene rings is 2. The van der Waals surface area contributed by atoms with Gasteiger partial charge in [-0.05, 0) is 55.5 Å². The number of esters is 1. The minimum atomic E-state index is -0.593. The number of rotatable bonds is 6. The highest BCUT2D eigenvalue weighted by Crippen LogP contribution is 2.31. The number of hydrogen-bond donors (Lipinski definition) is 2. The molecule has 1 saturated heterocycles. The molecule has 0 radical (unpaired) electrons. The number of amides is 2. The summed E-state index contributed by atoms with van der Waals surface area (Å²) in [6, 6.07) is 16.7. The molecule has 2 N–H and O–H groups in total. The molecule has 0 aromatic heterocycles. The van der Waals surface area contributed by atoms with Crippen molar-refractivity contribution in [1.82, 2.24) is 15.5 Å². The zero-order valence-electron chi connectivity index (χ0n) is 18.1. The molecule has 2 aromatic carbocycles. The molecule has 32 heavy (non-hydrogen) atoms. The molecular weight excluding hydrogens is 426 g/mol. The van der Waals surface area contributed by atoms with Gasteiger partial charge >= 0.3 is 12.0 Å². The minimum Gasteiger partial charge on any atom is -0.463 e. The van der Waals surface area contributed by atoms with Crippen molar-refractivity contribution in [3.8, 4) is 0 Å².